The first kappa shape index (κ1) is 27.9. The fourth-order valence-electron chi connectivity index (χ4n) is 4.31. The summed E-state index contributed by atoms with van der Waals surface area (Å²) in [4.78, 5) is 36.7. The Balaban J connectivity index is 1.45. The van der Waals surface area contributed by atoms with Crippen LogP contribution >= 0.6 is 0 Å². The molecule has 0 aliphatic carbocycles. The molecule has 5 rings (SSSR count). The zero-order valence-corrected chi connectivity index (χ0v) is 25.2. The number of nitrogens with one attached hydrogen (secondary N) is 1. The van der Waals surface area contributed by atoms with Crippen molar-refractivity contribution in [3.8, 4) is 11.3 Å². The Kier molecular flexibility index (Phi) is 8.91. The molecule has 0 saturated carbocycles. The van der Waals surface area contributed by atoms with Crippen molar-refractivity contribution in [2.75, 3.05) is 17.3 Å². The summed E-state index contributed by atoms with van der Waals surface area (Å²) in [5, 5.41) is 2.98. The molecule has 0 aliphatic heterocycles. The van der Waals surface area contributed by atoms with Crippen LogP contribution in [-0.4, -0.2) is 37.8 Å². The number of oxazole rings is 1. The first-order valence-corrected chi connectivity index (χ1v) is 14.5. The number of fused-ring (bicyclic) bond motifs is 1. The van der Waals surface area contributed by atoms with Crippen molar-refractivity contribution in [3.05, 3.63) is 121 Å². The molecular formula is C32H26N5O3W-. The van der Waals surface area contributed by atoms with Crippen LogP contribution in [-0.2, 0) is 25.9 Å². The SMILES string of the molecule is CN(C(=O)c1ccccc1)c1ccc2c(c1)nc(NC(=O)c1cccc(-c3cnco3)c1)n2CC[C-]=C/C=C\[CH]=[W]. The first-order valence-electron chi connectivity index (χ1n) is 12.9. The van der Waals surface area contributed by atoms with Crippen LogP contribution < -0.4 is 10.2 Å². The van der Waals surface area contributed by atoms with E-state index >= 15 is 0 Å². The minimum absolute atomic E-state index is 0.122. The summed E-state index contributed by atoms with van der Waals surface area (Å²) in [7, 11) is 1.74. The molecule has 5 aromatic rings. The van der Waals surface area contributed by atoms with Crippen molar-refractivity contribution in [2.24, 2.45) is 0 Å². The summed E-state index contributed by atoms with van der Waals surface area (Å²) in [6.45, 7) is 0.549. The Morgan fingerprint density at radius 2 is 1.88 bits per heavy atom. The average molecular weight is 712 g/mol. The third-order valence-corrected chi connectivity index (χ3v) is 6.96. The number of allylic oxidation sites excluding steroid dienone is 4. The number of rotatable bonds is 10. The van der Waals surface area contributed by atoms with E-state index in [1.165, 1.54) is 25.7 Å². The van der Waals surface area contributed by atoms with Gasteiger partial charge in [0.25, 0.3) is 5.91 Å². The Morgan fingerprint density at radius 1 is 1.05 bits per heavy atom. The second kappa shape index (κ2) is 13.1. The predicted octanol–water partition coefficient (Wildman–Crippen LogP) is 5.87. The fourth-order valence-corrected chi connectivity index (χ4v) is 4.64. The van der Waals surface area contributed by atoms with Gasteiger partial charge in [0.2, 0.25) is 0 Å². The third-order valence-electron chi connectivity index (χ3n) is 6.39. The van der Waals surface area contributed by atoms with Crippen LogP contribution in [0.5, 0.6) is 0 Å². The Labute approximate surface area is 248 Å². The Hall–Kier alpha value is -4.68. The van der Waals surface area contributed by atoms with Crippen LogP contribution in [0, 0.1) is 6.08 Å². The van der Waals surface area contributed by atoms with Crippen molar-refractivity contribution >= 4 is 38.9 Å². The maximum absolute atomic E-state index is 13.3. The van der Waals surface area contributed by atoms with Gasteiger partial charge in [0.05, 0.1) is 6.20 Å². The van der Waals surface area contributed by atoms with Gasteiger partial charge in [-0.05, 0) is 24.3 Å². The first-order chi connectivity index (χ1) is 20.0. The molecule has 0 spiro atoms. The van der Waals surface area contributed by atoms with Gasteiger partial charge in [-0.15, -0.1) is 0 Å². The number of hydrogen-bond donors (Lipinski definition) is 1. The van der Waals surface area contributed by atoms with Crippen molar-refractivity contribution < 1.29 is 33.4 Å². The van der Waals surface area contributed by atoms with E-state index in [0.717, 1.165) is 11.1 Å². The summed E-state index contributed by atoms with van der Waals surface area (Å²) < 4.78 is 9.37. The molecule has 2 amide bonds. The zero-order chi connectivity index (χ0) is 28.6. The number of carbonyl (C=O) groups is 2. The summed E-state index contributed by atoms with van der Waals surface area (Å²) in [5.74, 6) is 0.561. The van der Waals surface area contributed by atoms with Crippen molar-refractivity contribution in [2.45, 2.75) is 13.0 Å². The molecule has 0 saturated heterocycles. The van der Waals surface area contributed by atoms with Crippen molar-refractivity contribution in [3.63, 3.8) is 0 Å². The summed E-state index contributed by atoms with van der Waals surface area (Å²) >= 11 is 1.39. The van der Waals surface area contributed by atoms with Gasteiger partial charge in [-0.2, -0.15) is 0 Å². The van der Waals surface area contributed by atoms with Gasteiger partial charge in [0.15, 0.2) is 12.2 Å². The van der Waals surface area contributed by atoms with Crippen LogP contribution in [0.2, 0.25) is 0 Å². The van der Waals surface area contributed by atoms with Crippen LogP contribution in [0.4, 0.5) is 11.6 Å². The van der Waals surface area contributed by atoms with Crippen molar-refractivity contribution in [1.82, 2.24) is 14.5 Å². The van der Waals surface area contributed by atoms with Crippen LogP contribution in [0.3, 0.4) is 0 Å². The summed E-state index contributed by atoms with van der Waals surface area (Å²) in [6, 6.07) is 21.9. The van der Waals surface area contributed by atoms with Gasteiger partial charge >= 0.3 is 133 Å². The molecule has 1 N–H and O–H groups in total. The van der Waals surface area contributed by atoms with E-state index in [-0.39, 0.29) is 11.8 Å². The minimum atomic E-state index is -0.303. The van der Waals surface area contributed by atoms with Gasteiger partial charge < -0.3 is 9.32 Å². The second-order valence-electron chi connectivity index (χ2n) is 9.03. The van der Waals surface area contributed by atoms with E-state index in [4.69, 9.17) is 9.40 Å². The maximum atomic E-state index is 13.3. The van der Waals surface area contributed by atoms with Crippen molar-refractivity contribution in [1.29, 1.82) is 0 Å². The average Bonchev–Trinajstić information content (AvgIpc) is 3.67. The van der Waals surface area contributed by atoms with Gasteiger partial charge in [-0.3, -0.25) is 4.79 Å². The molecule has 0 aliphatic rings. The molecule has 2 aromatic heterocycles. The molecule has 8 nitrogen and oxygen atoms in total. The number of hydrogen-bond acceptors (Lipinski definition) is 5. The van der Waals surface area contributed by atoms with E-state index < -0.39 is 0 Å². The number of imidazole rings is 1. The second-order valence-corrected chi connectivity index (χ2v) is 10.0. The molecule has 2 heterocycles. The predicted molar refractivity (Wildman–Crippen MR) is 156 cm³/mol. The Morgan fingerprint density at radius 3 is 2.66 bits per heavy atom. The molecule has 0 atom stereocenters. The quantitative estimate of drug-likeness (QED) is 0.145. The molecular weight excluding hydrogens is 686 g/mol. The molecule has 204 valence electrons. The molecule has 0 radical (unpaired) electrons. The standard InChI is InChI=1S/C32H26N5O3.W/c1-3-4-5-6-10-18-37-28-17-16-26(36(2)31(39)23-12-8-7-9-13-23)20-27(28)34-32(37)35-30(38)25-15-11-14-24(19-25)29-21-33-22-40-29;/h1,3-5,7-9,11-17,19-22H,10,18H2,2H3,(H,34,35,38);/q-1;/b4-3-;. The van der Waals surface area contributed by atoms with Gasteiger partial charge in [-0.25, -0.2) is 4.98 Å². The van der Waals surface area contributed by atoms with Crippen LogP contribution in [0.15, 0.2) is 108 Å². The summed E-state index contributed by atoms with van der Waals surface area (Å²) in [6.07, 6.45) is 12.6. The monoisotopic (exact) mass is 712 g/mol. The molecule has 0 unspecified atom stereocenters. The summed E-state index contributed by atoms with van der Waals surface area (Å²) in [5.41, 5.74) is 4.00. The van der Waals surface area contributed by atoms with E-state index in [9.17, 15) is 9.59 Å². The number of aryl methyl sites for hydroxylation is 1. The number of carbonyl (C=O) groups excluding carboxylic acids is 2. The van der Waals surface area contributed by atoms with E-state index in [1.807, 2.05) is 69.7 Å². The third kappa shape index (κ3) is 6.56. The molecule has 9 heteroatoms. The van der Waals surface area contributed by atoms with Gasteiger partial charge in [0.1, 0.15) is 0 Å². The molecule has 0 bridgehead atoms. The molecule has 3 aromatic carbocycles. The van der Waals surface area contributed by atoms with E-state index in [1.54, 1.807) is 48.5 Å². The van der Waals surface area contributed by atoms with Gasteiger partial charge in [-0.1, -0.05) is 30.3 Å². The van der Waals surface area contributed by atoms with E-state index in [0.29, 0.717) is 47.0 Å². The number of amides is 2. The number of aromatic nitrogens is 3. The Bertz CT molecular complexity index is 1740. The van der Waals surface area contributed by atoms with Gasteiger partial charge in [0, 0.05) is 18.2 Å². The van der Waals surface area contributed by atoms with Crippen LogP contribution in [0.1, 0.15) is 27.1 Å². The zero-order valence-electron chi connectivity index (χ0n) is 22.2. The number of benzene rings is 3. The number of nitrogens with zero attached hydrogens (tertiary/aromatic N) is 4. The molecule has 0 fully saturated rings. The normalized spacial score (nSPS) is 11.3. The number of anilines is 2. The van der Waals surface area contributed by atoms with E-state index in [2.05, 4.69) is 16.4 Å². The topological polar surface area (TPSA) is 93.3 Å². The fraction of sp³-hybridized carbons (Fsp3) is 0.0938. The molecule has 41 heavy (non-hydrogen) atoms. The van der Waals surface area contributed by atoms with Crippen LogP contribution in [0.25, 0.3) is 22.4 Å².